The average molecular weight is 363 g/mol. The van der Waals surface area contributed by atoms with Gasteiger partial charge in [0.05, 0.1) is 0 Å². The van der Waals surface area contributed by atoms with Crippen LogP contribution in [0.3, 0.4) is 0 Å². The minimum absolute atomic E-state index is 0.542. The molecule has 0 amide bonds. The summed E-state index contributed by atoms with van der Waals surface area (Å²) in [6, 6.07) is 0. The van der Waals surface area contributed by atoms with Gasteiger partial charge in [0.2, 0.25) is 0 Å². The van der Waals surface area contributed by atoms with E-state index in [9.17, 15) is 0 Å². The summed E-state index contributed by atoms with van der Waals surface area (Å²) in [5.41, 5.74) is 1.69. The summed E-state index contributed by atoms with van der Waals surface area (Å²) in [7, 11) is 0. The molecule has 4 saturated carbocycles. The van der Waals surface area contributed by atoms with E-state index in [2.05, 4.69) is 48.1 Å². The summed E-state index contributed by atoms with van der Waals surface area (Å²) in [6.45, 7) is 19.7. The van der Waals surface area contributed by atoms with Crippen LogP contribution >= 0.6 is 11.6 Å². The van der Waals surface area contributed by atoms with Crippen molar-refractivity contribution in [2.24, 2.45) is 57.7 Å². The highest BCUT2D eigenvalue weighted by Gasteiger charge is 2.75. The molecule has 10 atom stereocenters. The van der Waals surface area contributed by atoms with Gasteiger partial charge >= 0.3 is 0 Å². The van der Waals surface area contributed by atoms with Gasteiger partial charge in [-0.1, -0.05) is 66.1 Å². The molecule has 0 aliphatic heterocycles. The lowest BCUT2D eigenvalue weighted by Gasteiger charge is -2.67. The van der Waals surface area contributed by atoms with E-state index in [4.69, 9.17) is 11.6 Å². The van der Waals surface area contributed by atoms with E-state index in [1.54, 1.807) is 0 Å². The molecule has 2 bridgehead atoms. The molecule has 0 nitrogen and oxygen atoms in total. The van der Waals surface area contributed by atoms with E-state index in [0.29, 0.717) is 16.2 Å². The van der Waals surface area contributed by atoms with Crippen molar-refractivity contribution in [1.29, 1.82) is 0 Å². The summed E-state index contributed by atoms with van der Waals surface area (Å²) < 4.78 is 0. The number of hydrogen-bond acceptors (Lipinski definition) is 0. The third-order valence-electron chi connectivity index (χ3n) is 10.6. The first-order valence-corrected chi connectivity index (χ1v) is 11.3. The second-order valence-corrected chi connectivity index (χ2v) is 11.9. The first-order valence-electron chi connectivity index (χ1n) is 10.9. The monoisotopic (exact) mass is 362 g/mol. The van der Waals surface area contributed by atoms with Crippen molar-refractivity contribution >= 4 is 11.6 Å². The Labute approximate surface area is 161 Å². The first kappa shape index (κ1) is 18.4. The van der Waals surface area contributed by atoms with E-state index >= 15 is 0 Å². The molecular formula is C24H39Cl. The third kappa shape index (κ3) is 2.13. The van der Waals surface area contributed by atoms with E-state index < -0.39 is 0 Å². The van der Waals surface area contributed by atoms with Gasteiger partial charge in [-0.15, -0.1) is 0 Å². The predicted molar refractivity (Wildman–Crippen MR) is 108 cm³/mol. The van der Waals surface area contributed by atoms with Crippen LogP contribution in [0.2, 0.25) is 0 Å². The minimum atomic E-state index is 0.542. The molecule has 142 valence electrons. The van der Waals surface area contributed by atoms with Crippen molar-refractivity contribution in [2.45, 2.75) is 80.1 Å². The van der Waals surface area contributed by atoms with Crippen LogP contribution in [0.5, 0.6) is 0 Å². The maximum absolute atomic E-state index is 6.39. The van der Waals surface area contributed by atoms with Crippen LogP contribution in [-0.2, 0) is 0 Å². The van der Waals surface area contributed by atoms with Gasteiger partial charge in [-0.3, -0.25) is 0 Å². The molecule has 4 aliphatic rings. The fraction of sp³-hybridized carbons (Fsp3) is 0.917. The Morgan fingerprint density at radius 3 is 2.28 bits per heavy atom. The first-order chi connectivity index (χ1) is 11.6. The van der Waals surface area contributed by atoms with Crippen molar-refractivity contribution in [3.05, 3.63) is 11.6 Å². The van der Waals surface area contributed by atoms with Crippen molar-refractivity contribution in [3.8, 4) is 0 Å². The third-order valence-corrected chi connectivity index (χ3v) is 10.8. The average Bonchev–Trinajstić information content (AvgIpc) is 2.86. The molecule has 0 aromatic rings. The second-order valence-electron chi connectivity index (χ2n) is 11.3. The van der Waals surface area contributed by atoms with Crippen molar-refractivity contribution in [2.75, 3.05) is 0 Å². The van der Waals surface area contributed by atoms with Gasteiger partial charge in [-0.05, 0) is 89.8 Å². The van der Waals surface area contributed by atoms with Crippen molar-refractivity contribution < 1.29 is 0 Å². The lowest BCUT2D eigenvalue weighted by molar-refractivity contribution is -0.189. The van der Waals surface area contributed by atoms with Crippen LogP contribution < -0.4 is 0 Å². The van der Waals surface area contributed by atoms with Crippen LogP contribution in [0, 0.1) is 57.7 Å². The molecule has 0 N–H and O–H groups in total. The number of halogens is 1. The molecule has 25 heavy (non-hydrogen) atoms. The molecule has 0 saturated heterocycles. The molecule has 1 heteroatoms. The van der Waals surface area contributed by atoms with Crippen LogP contribution in [0.15, 0.2) is 11.6 Å². The number of hydrogen-bond donors (Lipinski definition) is 0. The Bertz CT molecular complexity index is 581. The van der Waals surface area contributed by atoms with Crippen molar-refractivity contribution in [1.82, 2.24) is 0 Å². The summed E-state index contributed by atoms with van der Waals surface area (Å²) in [4.78, 5) is 0. The second kappa shape index (κ2) is 5.52. The van der Waals surface area contributed by atoms with Gasteiger partial charge in [0.25, 0.3) is 0 Å². The molecule has 0 spiro atoms. The van der Waals surface area contributed by atoms with E-state index in [-0.39, 0.29) is 0 Å². The molecule has 4 rings (SSSR count). The van der Waals surface area contributed by atoms with Gasteiger partial charge in [-0.2, -0.15) is 0 Å². The topological polar surface area (TPSA) is 0 Å². The normalized spacial score (nSPS) is 59.7. The number of fused-ring (bicyclic) bond motifs is 3. The van der Waals surface area contributed by atoms with Gasteiger partial charge in [0.1, 0.15) is 0 Å². The molecule has 4 fully saturated rings. The SMILES string of the molecule is C=C(Cl)CC1C(CC)CCC2C1C(C)C1C(C)C3(C)CC2(C)C1(C)C3. The van der Waals surface area contributed by atoms with Gasteiger partial charge in [0.15, 0.2) is 0 Å². The van der Waals surface area contributed by atoms with Crippen LogP contribution in [0.1, 0.15) is 80.1 Å². The minimum Gasteiger partial charge on any atom is -0.0898 e. The smallest absolute Gasteiger partial charge is 0.0112 e. The Morgan fingerprint density at radius 2 is 1.72 bits per heavy atom. The summed E-state index contributed by atoms with van der Waals surface area (Å²) in [5.74, 6) is 6.02. The Morgan fingerprint density at radius 1 is 1.08 bits per heavy atom. The van der Waals surface area contributed by atoms with Crippen molar-refractivity contribution in [3.63, 3.8) is 0 Å². The van der Waals surface area contributed by atoms with Crippen LogP contribution in [-0.4, -0.2) is 0 Å². The van der Waals surface area contributed by atoms with E-state index in [1.165, 1.54) is 32.1 Å². The Balaban J connectivity index is 1.79. The predicted octanol–water partition coefficient (Wildman–Crippen LogP) is 7.53. The quantitative estimate of drug-likeness (QED) is 0.486. The molecular weight excluding hydrogens is 324 g/mol. The standard InChI is InChI=1S/C24H39Cl/c1-8-17-9-10-19-20(18(17)11-14(2)25)15(3)21-16(4)22(5)12-23(19,6)24(21,7)13-22/h15-21H,2,8-13H2,1,3-7H3. The summed E-state index contributed by atoms with van der Waals surface area (Å²) in [6.07, 6.45) is 8.19. The lowest BCUT2D eigenvalue weighted by Crippen LogP contribution is -2.61. The zero-order valence-corrected chi connectivity index (χ0v) is 18.1. The fourth-order valence-electron chi connectivity index (χ4n) is 9.76. The fourth-order valence-corrected chi connectivity index (χ4v) is 9.94. The lowest BCUT2D eigenvalue weighted by atomic mass is 9.38. The van der Waals surface area contributed by atoms with Gasteiger partial charge in [-0.25, -0.2) is 0 Å². The van der Waals surface area contributed by atoms with Crippen LogP contribution in [0.4, 0.5) is 0 Å². The van der Waals surface area contributed by atoms with Gasteiger partial charge in [0, 0.05) is 5.03 Å². The number of rotatable bonds is 3. The highest BCUT2D eigenvalue weighted by Crippen LogP contribution is 2.82. The molecule has 0 heterocycles. The molecule has 0 aromatic carbocycles. The largest absolute Gasteiger partial charge is 0.0898 e. The highest BCUT2D eigenvalue weighted by atomic mass is 35.5. The van der Waals surface area contributed by atoms with Gasteiger partial charge < -0.3 is 0 Å². The Hall–Kier alpha value is 0.0300. The van der Waals surface area contributed by atoms with Crippen LogP contribution in [0.25, 0.3) is 0 Å². The maximum atomic E-state index is 6.39. The molecule has 4 aliphatic carbocycles. The van der Waals surface area contributed by atoms with E-state index in [1.807, 2.05) is 0 Å². The zero-order chi connectivity index (χ0) is 18.4. The molecule has 10 unspecified atom stereocenters. The molecule has 0 aromatic heterocycles. The zero-order valence-electron chi connectivity index (χ0n) is 17.4. The number of allylic oxidation sites excluding steroid dienone is 1. The highest BCUT2D eigenvalue weighted by molar-refractivity contribution is 6.29. The van der Waals surface area contributed by atoms with E-state index in [0.717, 1.165) is 52.9 Å². The summed E-state index contributed by atoms with van der Waals surface area (Å²) >= 11 is 6.39. The Kier molecular flexibility index (Phi) is 4.07. The summed E-state index contributed by atoms with van der Waals surface area (Å²) in [5, 5.41) is 0.896. The molecule has 0 radical (unpaired) electrons. The maximum Gasteiger partial charge on any atom is 0.0112 e.